The Balaban J connectivity index is 1.21. The number of benzene rings is 4. The highest BCUT2D eigenvalue weighted by atomic mass is 79.9. The van der Waals surface area contributed by atoms with Gasteiger partial charge in [0, 0.05) is 20.6 Å². The predicted molar refractivity (Wildman–Crippen MR) is 181 cm³/mol. The lowest BCUT2D eigenvalue weighted by molar-refractivity contribution is -0.119. The molecule has 0 bridgehead atoms. The highest BCUT2D eigenvalue weighted by Gasteiger charge is 2.27. The van der Waals surface area contributed by atoms with Crippen molar-refractivity contribution < 1.29 is 19.2 Å². The van der Waals surface area contributed by atoms with Gasteiger partial charge in [-0.3, -0.25) is 19.2 Å². The van der Waals surface area contributed by atoms with Gasteiger partial charge in [0.15, 0.2) is 0 Å². The first-order valence-electron chi connectivity index (χ1n) is 13.9. The fraction of sp³-hybridized carbons (Fsp3) is 0.0882. The van der Waals surface area contributed by atoms with E-state index in [9.17, 15) is 19.2 Å². The largest absolute Gasteiger partial charge is 0.321 e. The molecule has 1 heterocycles. The zero-order chi connectivity index (χ0) is 31.8. The third-order valence-corrected chi connectivity index (χ3v) is 8.19. The lowest BCUT2D eigenvalue weighted by atomic mass is 10.1. The Hall–Kier alpha value is -5.00. The SMILES string of the molecule is CC(Sc1ccc(NC(=O)/C(=C/c2ccc(Br)cc2)NC(=O)c2ccccc2)cc1)C(=O)NC1=NN(c2ccccc2)C(=O)C1. The average Bonchev–Trinajstić information content (AvgIpc) is 3.42. The lowest BCUT2D eigenvalue weighted by Crippen LogP contribution is -2.35. The van der Waals surface area contributed by atoms with Crippen LogP contribution in [0.1, 0.15) is 29.3 Å². The summed E-state index contributed by atoms with van der Waals surface area (Å²) in [6, 6.07) is 32.0. The van der Waals surface area contributed by atoms with Crippen LogP contribution in [0.3, 0.4) is 0 Å². The second-order valence-corrected chi connectivity index (χ2v) is 12.3. The Morgan fingerprint density at radius 2 is 1.51 bits per heavy atom. The number of para-hydroxylation sites is 1. The maximum Gasteiger partial charge on any atom is 0.272 e. The zero-order valence-corrected chi connectivity index (χ0v) is 26.5. The molecule has 45 heavy (non-hydrogen) atoms. The minimum atomic E-state index is -0.494. The van der Waals surface area contributed by atoms with Crippen molar-refractivity contribution in [1.29, 1.82) is 0 Å². The van der Waals surface area contributed by atoms with Crippen molar-refractivity contribution in [3.8, 4) is 0 Å². The van der Waals surface area contributed by atoms with Gasteiger partial charge in [-0.1, -0.05) is 64.5 Å². The first kappa shape index (κ1) is 31.4. The summed E-state index contributed by atoms with van der Waals surface area (Å²) in [4.78, 5) is 52.2. The number of nitrogens with one attached hydrogen (secondary N) is 3. The van der Waals surface area contributed by atoms with Crippen LogP contribution in [-0.2, 0) is 14.4 Å². The highest BCUT2D eigenvalue weighted by molar-refractivity contribution is 9.10. The van der Waals surface area contributed by atoms with E-state index in [-0.39, 0.29) is 23.9 Å². The van der Waals surface area contributed by atoms with Crippen molar-refractivity contribution >= 4 is 74.6 Å². The fourth-order valence-corrected chi connectivity index (χ4v) is 5.39. The summed E-state index contributed by atoms with van der Waals surface area (Å²) in [5, 5.41) is 13.4. The molecule has 0 aliphatic carbocycles. The van der Waals surface area contributed by atoms with Crippen molar-refractivity contribution in [2.24, 2.45) is 5.10 Å². The first-order valence-corrected chi connectivity index (χ1v) is 15.6. The monoisotopic (exact) mass is 681 g/mol. The highest BCUT2D eigenvalue weighted by Crippen LogP contribution is 2.26. The summed E-state index contributed by atoms with van der Waals surface area (Å²) >= 11 is 4.73. The molecule has 5 rings (SSSR count). The van der Waals surface area contributed by atoms with Crippen LogP contribution in [0.5, 0.6) is 0 Å². The van der Waals surface area contributed by atoms with Gasteiger partial charge in [0.25, 0.3) is 17.7 Å². The minimum Gasteiger partial charge on any atom is -0.321 e. The van der Waals surface area contributed by atoms with E-state index in [0.717, 1.165) is 14.9 Å². The number of nitrogens with zero attached hydrogens (tertiary/aromatic N) is 2. The second-order valence-electron chi connectivity index (χ2n) is 9.92. The Bertz CT molecular complexity index is 1760. The molecule has 11 heteroatoms. The summed E-state index contributed by atoms with van der Waals surface area (Å²) in [5.41, 5.74) is 2.38. The number of carbonyl (C=O) groups excluding carboxylic acids is 4. The molecule has 0 saturated carbocycles. The van der Waals surface area contributed by atoms with E-state index < -0.39 is 17.1 Å². The molecule has 226 valence electrons. The molecule has 0 spiro atoms. The predicted octanol–water partition coefficient (Wildman–Crippen LogP) is 6.21. The molecule has 1 unspecified atom stereocenters. The number of hydrazone groups is 1. The number of halogens is 1. The van der Waals surface area contributed by atoms with Gasteiger partial charge in [0.1, 0.15) is 11.5 Å². The van der Waals surface area contributed by atoms with Crippen molar-refractivity contribution in [2.75, 3.05) is 10.3 Å². The molecule has 1 aliphatic heterocycles. The van der Waals surface area contributed by atoms with E-state index in [0.29, 0.717) is 22.8 Å². The molecule has 0 radical (unpaired) electrons. The molecule has 9 nitrogen and oxygen atoms in total. The van der Waals surface area contributed by atoms with Crippen LogP contribution in [0, 0.1) is 0 Å². The van der Waals surface area contributed by atoms with Crippen molar-refractivity contribution in [3.05, 3.63) is 130 Å². The van der Waals surface area contributed by atoms with Gasteiger partial charge in [-0.05, 0) is 79.2 Å². The molecule has 3 N–H and O–H groups in total. The smallest absolute Gasteiger partial charge is 0.272 e. The number of amidine groups is 1. The maximum atomic E-state index is 13.3. The second kappa shape index (κ2) is 14.7. The first-order chi connectivity index (χ1) is 21.7. The number of rotatable bonds is 9. The molecular formula is C34H28BrN5O4S. The Labute approximate surface area is 272 Å². The van der Waals surface area contributed by atoms with E-state index in [2.05, 4.69) is 37.0 Å². The maximum absolute atomic E-state index is 13.3. The summed E-state index contributed by atoms with van der Waals surface area (Å²) in [6.07, 6.45) is 1.62. The number of hydrogen-bond acceptors (Lipinski definition) is 6. The molecule has 1 atom stereocenters. The van der Waals surface area contributed by atoms with Gasteiger partial charge >= 0.3 is 0 Å². The van der Waals surface area contributed by atoms with Crippen molar-refractivity contribution in [3.63, 3.8) is 0 Å². The van der Waals surface area contributed by atoms with Gasteiger partial charge in [0.05, 0.1) is 17.4 Å². The Morgan fingerprint density at radius 3 is 2.18 bits per heavy atom. The molecule has 4 aromatic rings. The van der Waals surface area contributed by atoms with E-state index in [1.807, 2.05) is 48.5 Å². The number of hydrogen-bond donors (Lipinski definition) is 3. The Kier molecular flexibility index (Phi) is 10.2. The summed E-state index contributed by atoms with van der Waals surface area (Å²) < 4.78 is 0.890. The van der Waals surface area contributed by atoms with Crippen LogP contribution in [0.2, 0.25) is 0 Å². The van der Waals surface area contributed by atoms with Crippen LogP contribution in [0.25, 0.3) is 6.08 Å². The third-order valence-electron chi connectivity index (χ3n) is 6.55. The molecular weight excluding hydrogens is 654 g/mol. The lowest BCUT2D eigenvalue weighted by Gasteiger charge is -2.13. The Morgan fingerprint density at radius 1 is 0.867 bits per heavy atom. The van der Waals surface area contributed by atoms with Crippen LogP contribution in [0.15, 0.2) is 129 Å². The number of amides is 4. The molecule has 0 saturated heterocycles. The third kappa shape index (κ3) is 8.55. The average molecular weight is 683 g/mol. The van der Waals surface area contributed by atoms with Gasteiger partial charge in [0.2, 0.25) is 5.91 Å². The fourth-order valence-electron chi connectivity index (χ4n) is 4.25. The topological polar surface area (TPSA) is 120 Å². The van der Waals surface area contributed by atoms with Gasteiger partial charge in [-0.15, -0.1) is 11.8 Å². The molecule has 1 aliphatic rings. The van der Waals surface area contributed by atoms with E-state index in [1.165, 1.54) is 16.8 Å². The number of carbonyl (C=O) groups is 4. The van der Waals surface area contributed by atoms with E-state index in [4.69, 9.17) is 0 Å². The standard InChI is InChI=1S/C34H28BrN5O4S/c1-22(32(42)38-30-21-31(41)40(39-30)27-10-6-3-7-11-27)45-28-18-16-26(17-19-28)36-34(44)29(20-23-12-14-25(35)15-13-23)37-33(43)24-8-4-2-5-9-24/h2-20,22H,21H2,1H3,(H,36,44)(H,37,43)(H,38,39,42)/b29-20-. The zero-order valence-electron chi connectivity index (χ0n) is 24.1. The van der Waals surface area contributed by atoms with E-state index >= 15 is 0 Å². The number of anilines is 2. The molecule has 4 amide bonds. The number of thioether (sulfide) groups is 1. The summed E-state index contributed by atoms with van der Waals surface area (Å²) in [7, 11) is 0. The van der Waals surface area contributed by atoms with Gasteiger partial charge in [-0.2, -0.15) is 10.1 Å². The minimum absolute atomic E-state index is 0.0104. The van der Waals surface area contributed by atoms with Gasteiger partial charge < -0.3 is 16.0 Å². The van der Waals surface area contributed by atoms with Crippen LogP contribution < -0.4 is 21.0 Å². The van der Waals surface area contributed by atoms with Crippen molar-refractivity contribution in [2.45, 2.75) is 23.5 Å². The summed E-state index contributed by atoms with van der Waals surface area (Å²) in [6.45, 7) is 1.76. The van der Waals surface area contributed by atoms with Gasteiger partial charge in [-0.25, -0.2) is 0 Å². The van der Waals surface area contributed by atoms with Crippen LogP contribution in [-0.4, -0.2) is 34.7 Å². The molecule has 0 aromatic heterocycles. The van der Waals surface area contributed by atoms with Crippen LogP contribution in [0.4, 0.5) is 11.4 Å². The summed E-state index contributed by atoms with van der Waals surface area (Å²) in [5.74, 6) is -1.11. The quantitative estimate of drug-likeness (QED) is 0.143. The van der Waals surface area contributed by atoms with Crippen molar-refractivity contribution in [1.82, 2.24) is 10.6 Å². The molecule has 0 fully saturated rings. The normalized spacial score (nSPS) is 13.6. The van der Waals surface area contributed by atoms with Crippen LogP contribution >= 0.6 is 27.7 Å². The molecule has 4 aromatic carbocycles. The van der Waals surface area contributed by atoms with E-state index in [1.54, 1.807) is 73.7 Å².